The molecule has 5 heteroatoms. The second-order valence-corrected chi connectivity index (χ2v) is 15.5. The van der Waals surface area contributed by atoms with Crippen LogP contribution in [0.25, 0.3) is 74.8 Å². The predicted molar refractivity (Wildman–Crippen MR) is 241 cm³/mol. The van der Waals surface area contributed by atoms with E-state index in [2.05, 4.69) is 192 Å². The third-order valence-corrected chi connectivity index (χ3v) is 12.4. The Hall–Kier alpha value is -7.34. The Bertz CT molecular complexity index is 3490. The zero-order chi connectivity index (χ0) is 37.5. The van der Waals surface area contributed by atoms with Crippen molar-refractivity contribution in [1.82, 2.24) is 0 Å². The van der Waals surface area contributed by atoms with Crippen LogP contribution in [0.2, 0.25) is 0 Å². The van der Waals surface area contributed by atoms with Crippen molar-refractivity contribution >= 4 is 120 Å². The summed E-state index contributed by atoms with van der Waals surface area (Å²) in [6, 6.07) is 69.0. The van der Waals surface area contributed by atoms with Crippen LogP contribution in [0.1, 0.15) is 0 Å². The monoisotopic (exact) mass is 748 g/mol. The minimum absolute atomic E-state index is 0.854. The first kappa shape index (κ1) is 32.0. The lowest BCUT2D eigenvalue weighted by molar-refractivity contribution is 0.668. The Labute approximate surface area is 331 Å². The van der Waals surface area contributed by atoms with Gasteiger partial charge in [0.1, 0.15) is 22.3 Å². The Morgan fingerprint density at radius 2 is 0.842 bits per heavy atom. The van der Waals surface area contributed by atoms with Gasteiger partial charge in [0.25, 0.3) is 0 Å². The minimum atomic E-state index is 0.854. The smallest absolute Gasteiger partial charge is 0.137 e. The molecule has 268 valence electrons. The van der Waals surface area contributed by atoms with Crippen molar-refractivity contribution in [3.63, 3.8) is 0 Å². The van der Waals surface area contributed by atoms with Gasteiger partial charge in [-0.1, -0.05) is 109 Å². The summed E-state index contributed by atoms with van der Waals surface area (Å²) in [6.07, 6.45) is 0. The van der Waals surface area contributed by atoms with Gasteiger partial charge >= 0.3 is 0 Å². The average molecular weight is 749 g/mol. The molecule has 0 fully saturated rings. The van der Waals surface area contributed by atoms with Crippen molar-refractivity contribution < 1.29 is 8.83 Å². The molecule has 0 atom stereocenters. The van der Waals surface area contributed by atoms with Crippen LogP contribution in [0.5, 0.6) is 0 Å². The first-order valence-electron chi connectivity index (χ1n) is 19.2. The lowest BCUT2D eigenvalue weighted by Crippen LogP contribution is -2.14. The highest BCUT2D eigenvalue weighted by Crippen LogP contribution is 2.52. The zero-order valence-electron chi connectivity index (χ0n) is 30.6. The fraction of sp³-hybridized carbons (Fsp3) is 0. The van der Waals surface area contributed by atoms with Gasteiger partial charge in [-0.25, -0.2) is 0 Å². The molecule has 0 saturated carbocycles. The molecule has 3 aromatic heterocycles. The van der Waals surface area contributed by atoms with Crippen molar-refractivity contribution in [3.05, 3.63) is 194 Å². The number of para-hydroxylation sites is 4. The summed E-state index contributed by atoms with van der Waals surface area (Å²) in [6.45, 7) is 0. The summed E-state index contributed by atoms with van der Waals surface area (Å²) in [5.74, 6) is 0. The standard InChI is InChI=1S/C52H32N2O2S/c1-3-17-35(18-4-1)53(42-23-13-27-47-50(42)38-21-9-11-25-45(38)55-47)37-31-41-40-29-33-15-7-8-16-34(33)30-49(40)57-52(41)44(32-37)54(36-19-5-2-6-20-36)43-24-14-28-48-51(43)39-22-10-12-26-46(39)56-48/h1-32H. The Balaban J connectivity index is 1.23. The number of furan rings is 2. The van der Waals surface area contributed by atoms with Gasteiger partial charge in [0, 0.05) is 43.3 Å². The summed E-state index contributed by atoms with van der Waals surface area (Å²) >= 11 is 1.85. The molecule has 12 rings (SSSR count). The van der Waals surface area contributed by atoms with E-state index in [4.69, 9.17) is 8.83 Å². The second-order valence-electron chi connectivity index (χ2n) is 14.5. The Kier molecular flexibility index (Phi) is 7.06. The molecule has 9 aromatic carbocycles. The molecular weight excluding hydrogens is 717 g/mol. The largest absolute Gasteiger partial charge is 0.456 e. The fourth-order valence-corrected chi connectivity index (χ4v) is 9.92. The van der Waals surface area contributed by atoms with E-state index in [1.165, 1.54) is 30.9 Å². The summed E-state index contributed by atoms with van der Waals surface area (Å²) in [5, 5.41) is 9.22. The maximum absolute atomic E-state index is 6.50. The molecule has 57 heavy (non-hydrogen) atoms. The van der Waals surface area contributed by atoms with Crippen LogP contribution in [0.3, 0.4) is 0 Å². The molecule has 0 radical (unpaired) electrons. The molecule has 4 nitrogen and oxygen atoms in total. The van der Waals surface area contributed by atoms with E-state index in [1.54, 1.807) is 0 Å². The number of rotatable bonds is 6. The summed E-state index contributed by atoms with van der Waals surface area (Å²) in [5.41, 5.74) is 9.80. The number of thiophene rings is 1. The molecular formula is C52H32N2O2S. The second kappa shape index (κ2) is 12.6. The highest BCUT2D eigenvalue weighted by atomic mass is 32.1. The maximum atomic E-state index is 6.50. The van der Waals surface area contributed by atoms with E-state index in [0.29, 0.717) is 0 Å². The van der Waals surface area contributed by atoms with Crippen LogP contribution < -0.4 is 9.80 Å². The van der Waals surface area contributed by atoms with Gasteiger partial charge in [-0.2, -0.15) is 0 Å². The van der Waals surface area contributed by atoms with E-state index in [-0.39, 0.29) is 0 Å². The van der Waals surface area contributed by atoms with E-state index >= 15 is 0 Å². The molecule has 0 unspecified atom stereocenters. The van der Waals surface area contributed by atoms with E-state index in [0.717, 1.165) is 78.0 Å². The van der Waals surface area contributed by atoms with Gasteiger partial charge in [0.2, 0.25) is 0 Å². The summed E-state index contributed by atoms with van der Waals surface area (Å²) in [4.78, 5) is 4.83. The zero-order valence-corrected chi connectivity index (χ0v) is 31.4. The molecule has 12 aromatic rings. The number of hydrogen-bond donors (Lipinski definition) is 0. The SMILES string of the molecule is c1ccc(N(c2cc(N(c3ccccc3)c3cccc4oc5ccccc5c34)c3sc4cc5ccccc5cc4c3c2)c2cccc3oc4ccccc4c23)cc1. The van der Waals surface area contributed by atoms with E-state index < -0.39 is 0 Å². The van der Waals surface area contributed by atoms with Crippen LogP contribution in [0.4, 0.5) is 34.1 Å². The molecule has 0 aliphatic rings. The fourth-order valence-electron chi connectivity index (χ4n) is 8.70. The van der Waals surface area contributed by atoms with E-state index in [9.17, 15) is 0 Å². The number of benzene rings is 9. The third kappa shape index (κ3) is 4.99. The van der Waals surface area contributed by atoms with Crippen LogP contribution in [-0.4, -0.2) is 0 Å². The van der Waals surface area contributed by atoms with Gasteiger partial charge in [-0.05, 0) is 95.7 Å². The highest BCUT2D eigenvalue weighted by molar-refractivity contribution is 7.26. The molecule has 3 heterocycles. The number of fused-ring (bicyclic) bond motifs is 10. The lowest BCUT2D eigenvalue weighted by atomic mass is 10.0. The van der Waals surface area contributed by atoms with Crippen molar-refractivity contribution in [2.75, 3.05) is 9.80 Å². The normalized spacial score (nSPS) is 11.9. The van der Waals surface area contributed by atoms with Gasteiger partial charge < -0.3 is 18.6 Å². The van der Waals surface area contributed by atoms with Crippen molar-refractivity contribution in [2.45, 2.75) is 0 Å². The average Bonchev–Trinajstić information content (AvgIpc) is 3.96. The summed E-state index contributed by atoms with van der Waals surface area (Å²) < 4.78 is 15.4. The molecule has 0 N–H and O–H groups in total. The van der Waals surface area contributed by atoms with Gasteiger partial charge in [-0.3, -0.25) is 0 Å². The van der Waals surface area contributed by atoms with Crippen molar-refractivity contribution in [2.24, 2.45) is 0 Å². The van der Waals surface area contributed by atoms with Gasteiger partial charge in [-0.15, -0.1) is 11.3 Å². The van der Waals surface area contributed by atoms with Crippen LogP contribution in [0.15, 0.2) is 203 Å². The number of nitrogens with zero attached hydrogens (tertiary/aromatic N) is 2. The third-order valence-electron chi connectivity index (χ3n) is 11.2. The maximum Gasteiger partial charge on any atom is 0.137 e. The van der Waals surface area contributed by atoms with Crippen LogP contribution in [-0.2, 0) is 0 Å². The van der Waals surface area contributed by atoms with Crippen LogP contribution >= 0.6 is 11.3 Å². The molecule has 0 bridgehead atoms. The van der Waals surface area contributed by atoms with Gasteiger partial charge in [0.15, 0.2) is 0 Å². The molecule has 0 spiro atoms. The molecule has 0 aliphatic heterocycles. The first-order valence-corrected chi connectivity index (χ1v) is 20.0. The number of anilines is 6. The minimum Gasteiger partial charge on any atom is -0.456 e. The van der Waals surface area contributed by atoms with E-state index in [1.807, 2.05) is 23.5 Å². The quantitative estimate of drug-likeness (QED) is 0.170. The van der Waals surface area contributed by atoms with Crippen molar-refractivity contribution in [3.8, 4) is 0 Å². The topological polar surface area (TPSA) is 32.8 Å². The predicted octanol–water partition coefficient (Wildman–Crippen LogP) is 15.9. The Morgan fingerprint density at radius 3 is 1.47 bits per heavy atom. The Morgan fingerprint density at radius 1 is 0.333 bits per heavy atom. The molecule has 0 aliphatic carbocycles. The van der Waals surface area contributed by atoms with Crippen molar-refractivity contribution in [1.29, 1.82) is 0 Å². The highest BCUT2D eigenvalue weighted by Gasteiger charge is 2.26. The first-order chi connectivity index (χ1) is 28.3. The molecule has 0 amide bonds. The van der Waals surface area contributed by atoms with Gasteiger partial charge in [0.05, 0.1) is 32.5 Å². The van der Waals surface area contributed by atoms with Crippen LogP contribution in [0, 0.1) is 0 Å². The molecule has 0 saturated heterocycles. The summed E-state index contributed by atoms with van der Waals surface area (Å²) in [7, 11) is 0. The lowest BCUT2D eigenvalue weighted by Gasteiger charge is -2.30. The number of hydrogen-bond acceptors (Lipinski definition) is 5.